The molecule has 0 heterocycles. The van der Waals surface area contributed by atoms with E-state index in [1.807, 2.05) is 0 Å². The van der Waals surface area contributed by atoms with Crippen molar-refractivity contribution >= 4 is 31.9 Å². The van der Waals surface area contributed by atoms with Gasteiger partial charge in [-0.15, -0.1) is 0 Å². The topological polar surface area (TPSA) is 35.0 Å². The molecule has 0 aliphatic heterocycles. The minimum atomic E-state index is 0. The third-order valence-electron chi connectivity index (χ3n) is 16.3. The van der Waals surface area contributed by atoms with Gasteiger partial charge in [-0.2, -0.15) is 0 Å². The van der Waals surface area contributed by atoms with Crippen molar-refractivity contribution in [3.63, 3.8) is 0 Å². The molecule has 3 heteroatoms. The van der Waals surface area contributed by atoms with Crippen molar-refractivity contribution in [3.8, 4) is 0 Å². The van der Waals surface area contributed by atoms with Crippen LogP contribution in [0.1, 0.15) is 388 Å². The summed E-state index contributed by atoms with van der Waals surface area (Å²) in [5, 5.41) is 0. The first-order valence-corrected chi connectivity index (χ1v) is 32.8. The van der Waals surface area contributed by atoms with Crippen LogP contribution in [0.15, 0.2) is 0 Å². The predicted molar refractivity (Wildman–Crippen MR) is 314 cm³/mol. The second-order valence-corrected chi connectivity index (χ2v) is 25.4. The monoisotopic (exact) mass is 1060 g/mol. The van der Waals surface area contributed by atoms with Gasteiger partial charge in [0.2, 0.25) is 0 Å². The SMILES string of the molecule is CCCCCCCCCCC(Br)(CCCCCCCCCC)C(CCCCCCCCCC)(CCCCCCCCCC)C(Br)(CCCCCCCCCC)CCCCCCCCCC.N. The quantitative estimate of drug-likeness (QED) is 0.0478. The Balaban J connectivity index is 0. The van der Waals surface area contributed by atoms with E-state index in [0.717, 1.165) is 0 Å². The molecular formula is C63H129Br2N. The van der Waals surface area contributed by atoms with Crippen LogP contribution in [0.25, 0.3) is 0 Å². The maximum absolute atomic E-state index is 5.06. The molecule has 0 radical (unpaired) electrons. The van der Waals surface area contributed by atoms with Crippen LogP contribution in [0.5, 0.6) is 0 Å². The molecule has 3 N–H and O–H groups in total. The molecule has 0 spiro atoms. The summed E-state index contributed by atoms with van der Waals surface area (Å²) in [6, 6.07) is 0. The molecule has 0 unspecified atom stereocenters. The molecule has 0 rings (SSSR count). The van der Waals surface area contributed by atoms with Crippen molar-refractivity contribution in [1.29, 1.82) is 0 Å². The molecule has 0 amide bonds. The van der Waals surface area contributed by atoms with Gasteiger partial charge in [0.1, 0.15) is 0 Å². The third-order valence-corrected chi connectivity index (χ3v) is 19.4. The lowest BCUT2D eigenvalue weighted by Gasteiger charge is -2.58. The van der Waals surface area contributed by atoms with Crippen LogP contribution < -0.4 is 6.15 Å². The first-order valence-electron chi connectivity index (χ1n) is 31.2. The van der Waals surface area contributed by atoms with E-state index < -0.39 is 0 Å². The van der Waals surface area contributed by atoms with E-state index in [4.69, 9.17) is 31.9 Å². The van der Waals surface area contributed by atoms with Gasteiger partial charge in [-0.25, -0.2) is 0 Å². The van der Waals surface area contributed by atoms with Crippen LogP contribution >= 0.6 is 31.9 Å². The first-order chi connectivity index (χ1) is 31.9. The summed E-state index contributed by atoms with van der Waals surface area (Å²) < 4.78 is 0.437. The molecule has 0 aromatic carbocycles. The lowest BCUT2D eigenvalue weighted by atomic mass is 9.56. The van der Waals surface area contributed by atoms with E-state index in [0.29, 0.717) is 5.41 Å². The highest BCUT2D eigenvalue weighted by Crippen LogP contribution is 2.64. The molecule has 66 heavy (non-hydrogen) atoms. The molecule has 0 aliphatic rings. The van der Waals surface area contributed by atoms with Gasteiger partial charge >= 0.3 is 0 Å². The zero-order chi connectivity index (χ0) is 47.7. The van der Waals surface area contributed by atoms with Gasteiger partial charge in [0.25, 0.3) is 0 Å². The number of halogens is 2. The molecule has 400 valence electrons. The fourth-order valence-electron chi connectivity index (χ4n) is 11.9. The van der Waals surface area contributed by atoms with Crippen molar-refractivity contribution in [3.05, 3.63) is 0 Å². The molecule has 0 bridgehead atoms. The molecule has 0 aromatic heterocycles. The lowest BCUT2D eigenvalue weighted by molar-refractivity contribution is 0.0662. The van der Waals surface area contributed by atoms with Crippen LogP contribution in [-0.4, -0.2) is 8.65 Å². The first kappa shape index (κ1) is 69.0. The summed E-state index contributed by atoms with van der Waals surface area (Å²) in [6.45, 7) is 14.2. The molecule has 0 saturated carbocycles. The van der Waals surface area contributed by atoms with Gasteiger partial charge in [-0.05, 0) is 38.5 Å². The van der Waals surface area contributed by atoms with Gasteiger partial charge < -0.3 is 6.15 Å². The summed E-state index contributed by atoms with van der Waals surface area (Å²) in [4.78, 5) is 0. The minimum Gasteiger partial charge on any atom is -0.344 e. The van der Waals surface area contributed by atoms with Crippen molar-refractivity contribution in [2.45, 2.75) is 397 Å². The average molecular weight is 1060 g/mol. The van der Waals surface area contributed by atoms with Gasteiger partial charge in [0.15, 0.2) is 0 Å². The fraction of sp³-hybridized carbons (Fsp3) is 1.00. The number of rotatable bonds is 56. The van der Waals surface area contributed by atoms with Crippen LogP contribution in [0, 0.1) is 5.41 Å². The van der Waals surface area contributed by atoms with Crippen molar-refractivity contribution in [2.75, 3.05) is 0 Å². The Kier molecular flexibility index (Phi) is 54.6. The maximum atomic E-state index is 5.06. The minimum absolute atomic E-state index is 0. The second-order valence-electron chi connectivity index (χ2n) is 22.4. The zero-order valence-electron chi connectivity index (χ0n) is 47.1. The van der Waals surface area contributed by atoms with Crippen molar-refractivity contribution in [2.24, 2.45) is 5.41 Å². The molecular weight excluding hydrogens is 931 g/mol. The lowest BCUT2D eigenvalue weighted by Crippen LogP contribution is -2.56. The van der Waals surface area contributed by atoms with E-state index in [2.05, 4.69) is 41.5 Å². The summed E-state index contributed by atoms with van der Waals surface area (Å²) in [5.74, 6) is 0. The molecule has 0 fully saturated rings. The normalized spacial score (nSPS) is 12.4. The highest BCUT2D eigenvalue weighted by atomic mass is 79.9. The Morgan fingerprint density at radius 2 is 0.303 bits per heavy atom. The smallest absolute Gasteiger partial charge is 0.0327 e. The molecule has 0 atom stereocenters. The van der Waals surface area contributed by atoms with Crippen LogP contribution in [0.4, 0.5) is 0 Å². The van der Waals surface area contributed by atoms with Gasteiger partial charge in [0, 0.05) is 14.1 Å². The van der Waals surface area contributed by atoms with Crippen LogP contribution in [0.2, 0.25) is 0 Å². The average Bonchev–Trinajstić information content (AvgIpc) is 3.30. The van der Waals surface area contributed by atoms with E-state index in [1.54, 1.807) is 0 Å². The largest absolute Gasteiger partial charge is 0.344 e. The summed E-state index contributed by atoms with van der Waals surface area (Å²) in [6.07, 6.45) is 77.2. The van der Waals surface area contributed by atoms with E-state index in [1.165, 1.54) is 347 Å². The van der Waals surface area contributed by atoms with Gasteiger partial charge in [0.05, 0.1) is 0 Å². The van der Waals surface area contributed by atoms with E-state index >= 15 is 0 Å². The number of unbranched alkanes of at least 4 members (excludes halogenated alkanes) is 42. The zero-order valence-corrected chi connectivity index (χ0v) is 50.3. The summed E-state index contributed by atoms with van der Waals surface area (Å²) in [5.41, 5.74) is 0.301. The number of hydrogen-bond acceptors (Lipinski definition) is 1. The molecule has 1 nitrogen and oxygen atoms in total. The number of hydrogen-bond donors (Lipinski definition) is 1. The maximum Gasteiger partial charge on any atom is 0.0327 e. The van der Waals surface area contributed by atoms with E-state index in [-0.39, 0.29) is 14.8 Å². The van der Waals surface area contributed by atoms with Crippen molar-refractivity contribution in [1.82, 2.24) is 6.15 Å². The Bertz CT molecular complexity index is 791. The highest BCUT2D eigenvalue weighted by Gasteiger charge is 2.58. The number of alkyl halides is 2. The Morgan fingerprint density at radius 3 is 0.455 bits per heavy atom. The Hall–Kier alpha value is 0.920. The Labute approximate surface area is 437 Å². The fourth-order valence-corrected chi connectivity index (χ4v) is 14.8. The van der Waals surface area contributed by atoms with Crippen molar-refractivity contribution < 1.29 is 0 Å². The summed E-state index contributed by atoms with van der Waals surface area (Å²) >= 11 is 10.1. The van der Waals surface area contributed by atoms with Gasteiger partial charge in [-0.1, -0.05) is 382 Å². The summed E-state index contributed by atoms with van der Waals surface area (Å²) in [7, 11) is 0. The van der Waals surface area contributed by atoms with Crippen LogP contribution in [0.3, 0.4) is 0 Å². The standard InChI is InChI=1S/C63H126Br2.H3N/c1-7-13-19-25-31-37-43-49-55-61(56-50-44-38-32-26-20-14-8-2,62(64,57-51-45-39-33-27-21-15-9-3)58-52-46-40-34-28-22-16-10-4)63(65,59-53-47-41-35-29-23-17-11-5)60-54-48-42-36-30-24-18-12-6;/h7-60H2,1-6H3;1H3. The third kappa shape index (κ3) is 36.8. The van der Waals surface area contributed by atoms with Crippen LogP contribution in [-0.2, 0) is 0 Å². The molecule has 0 aromatic rings. The molecule has 0 saturated heterocycles. The molecule has 0 aliphatic carbocycles. The second kappa shape index (κ2) is 52.2. The van der Waals surface area contributed by atoms with E-state index in [9.17, 15) is 0 Å². The Morgan fingerprint density at radius 1 is 0.182 bits per heavy atom. The predicted octanol–water partition coefficient (Wildman–Crippen LogP) is 25.6. The highest BCUT2D eigenvalue weighted by molar-refractivity contribution is 9.10. The van der Waals surface area contributed by atoms with Gasteiger partial charge in [-0.3, -0.25) is 0 Å².